The number of hydrogen-bond acceptors (Lipinski definition) is 2. The molecule has 2 nitrogen and oxygen atoms in total. The molecule has 0 fully saturated rings. The highest BCUT2D eigenvalue weighted by atomic mass is 19.1. The van der Waals surface area contributed by atoms with Crippen LogP contribution in [0.5, 0.6) is 5.75 Å². The molecule has 0 aliphatic rings. The molecule has 2 aromatic carbocycles. The molecule has 82 valence electrons. The van der Waals surface area contributed by atoms with E-state index in [1.807, 2.05) is 0 Å². The molecule has 0 radical (unpaired) electrons. The van der Waals surface area contributed by atoms with Gasteiger partial charge in [0.15, 0.2) is 0 Å². The summed E-state index contributed by atoms with van der Waals surface area (Å²) in [5, 5.41) is 12.1. The molecule has 0 atom stereocenters. The van der Waals surface area contributed by atoms with Gasteiger partial charge in [0.05, 0.1) is 11.4 Å². The van der Waals surface area contributed by atoms with Gasteiger partial charge in [0, 0.05) is 6.07 Å². The van der Waals surface area contributed by atoms with Crippen molar-refractivity contribution in [2.75, 3.05) is 5.32 Å². The zero-order valence-electron chi connectivity index (χ0n) is 8.24. The second-order valence-corrected chi connectivity index (χ2v) is 3.27. The van der Waals surface area contributed by atoms with E-state index in [4.69, 9.17) is 0 Å². The summed E-state index contributed by atoms with van der Waals surface area (Å²) >= 11 is 0. The number of phenolic OH excluding ortho intramolecular Hbond substituents is 1. The Kier molecular flexibility index (Phi) is 2.72. The predicted octanol–water partition coefficient (Wildman–Crippen LogP) is 3.41. The van der Waals surface area contributed by atoms with Crippen molar-refractivity contribution < 1.29 is 13.9 Å². The van der Waals surface area contributed by atoms with Crippen molar-refractivity contribution in [1.82, 2.24) is 0 Å². The maximum Gasteiger partial charge on any atom is 0.146 e. The first kappa shape index (κ1) is 10.4. The van der Waals surface area contributed by atoms with Gasteiger partial charge in [-0.3, -0.25) is 0 Å². The molecular weight excluding hydrogens is 212 g/mol. The fraction of sp³-hybridized carbons (Fsp3) is 0. The second-order valence-electron chi connectivity index (χ2n) is 3.27. The molecule has 16 heavy (non-hydrogen) atoms. The molecule has 0 aliphatic carbocycles. The van der Waals surface area contributed by atoms with Crippen LogP contribution in [0.1, 0.15) is 0 Å². The van der Waals surface area contributed by atoms with Gasteiger partial charge in [0.1, 0.15) is 17.4 Å². The molecule has 0 amide bonds. The number of anilines is 2. The minimum Gasteiger partial charge on any atom is -0.506 e. The van der Waals surface area contributed by atoms with Gasteiger partial charge in [0.25, 0.3) is 0 Å². The summed E-state index contributed by atoms with van der Waals surface area (Å²) in [6.07, 6.45) is 0. The number of hydrogen-bond donors (Lipinski definition) is 2. The number of rotatable bonds is 2. The zero-order valence-corrected chi connectivity index (χ0v) is 8.24. The number of para-hydroxylation sites is 2. The van der Waals surface area contributed by atoms with Gasteiger partial charge in [-0.15, -0.1) is 0 Å². The predicted molar refractivity (Wildman–Crippen MR) is 57.7 cm³/mol. The monoisotopic (exact) mass is 221 g/mol. The number of halogens is 2. The summed E-state index contributed by atoms with van der Waals surface area (Å²) in [5.74, 6) is -1.14. The third kappa shape index (κ3) is 2.11. The Balaban J connectivity index is 2.34. The zero-order chi connectivity index (χ0) is 11.5. The molecule has 0 unspecified atom stereocenters. The van der Waals surface area contributed by atoms with Crippen LogP contribution in [0.25, 0.3) is 0 Å². The van der Waals surface area contributed by atoms with Crippen LogP contribution in [0.3, 0.4) is 0 Å². The van der Waals surface area contributed by atoms with Crippen LogP contribution in [0.15, 0.2) is 42.5 Å². The first-order valence-corrected chi connectivity index (χ1v) is 4.67. The minimum absolute atomic E-state index is 0.0125. The normalized spacial score (nSPS) is 10.1. The molecular formula is C12H9F2NO. The Morgan fingerprint density at radius 2 is 1.69 bits per heavy atom. The third-order valence-electron chi connectivity index (χ3n) is 2.10. The van der Waals surface area contributed by atoms with Crippen LogP contribution in [-0.4, -0.2) is 5.11 Å². The summed E-state index contributed by atoms with van der Waals surface area (Å²) in [4.78, 5) is 0. The van der Waals surface area contributed by atoms with Crippen molar-refractivity contribution in [3.8, 4) is 5.75 Å². The van der Waals surface area contributed by atoms with Crippen LogP contribution in [0, 0.1) is 11.6 Å². The van der Waals surface area contributed by atoms with E-state index in [-0.39, 0.29) is 11.4 Å². The fourth-order valence-corrected chi connectivity index (χ4v) is 1.32. The Hall–Kier alpha value is -2.10. The van der Waals surface area contributed by atoms with E-state index >= 15 is 0 Å². The number of phenols is 1. The van der Waals surface area contributed by atoms with E-state index in [1.165, 1.54) is 6.07 Å². The van der Waals surface area contributed by atoms with Gasteiger partial charge >= 0.3 is 0 Å². The van der Waals surface area contributed by atoms with E-state index in [0.717, 1.165) is 18.2 Å². The van der Waals surface area contributed by atoms with E-state index in [2.05, 4.69) is 5.32 Å². The van der Waals surface area contributed by atoms with Gasteiger partial charge in [0.2, 0.25) is 0 Å². The first-order chi connectivity index (χ1) is 7.66. The van der Waals surface area contributed by atoms with Crippen LogP contribution in [0.4, 0.5) is 20.2 Å². The highest BCUT2D eigenvalue weighted by Crippen LogP contribution is 2.27. The lowest BCUT2D eigenvalue weighted by Gasteiger charge is -2.08. The van der Waals surface area contributed by atoms with Crippen molar-refractivity contribution >= 4 is 11.4 Å². The minimum atomic E-state index is -0.579. The van der Waals surface area contributed by atoms with Crippen molar-refractivity contribution in [2.24, 2.45) is 0 Å². The number of benzene rings is 2. The largest absolute Gasteiger partial charge is 0.506 e. The Morgan fingerprint density at radius 3 is 2.44 bits per heavy atom. The Bertz CT molecular complexity index is 514. The van der Waals surface area contributed by atoms with Crippen molar-refractivity contribution in [1.29, 1.82) is 0 Å². The van der Waals surface area contributed by atoms with Gasteiger partial charge in [-0.05, 0) is 24.3 Å². The van der Waals surface area contributed by atoms with E-state index in [0.29, 0.717) is 5.69 Å². The molecule has 0 aliphatic heterocycles. The lowest BCUT2D eigenvalue weighted by molar-refractivity contribution is 0.477. The highest BCUT2D eigenvalue weighted by molar-refractivity contribution is 5.65. The SMILES string of the molecule is Oc1ccccc1Nc1cc(F)ccc1F. The molecule has 2 N–H and O–H groups in total. The van der Waals surface area contributed by atoms with E-state index in [1.54, 1.807) is 18.2 Å². The summed E-state index contributed by atoms with van der Waals surface area (Å²) < 4.78 is 26.2. The van der Waals surface area contributed by atoms with Crippen LogP contribution in [0.2, 0.25) is 0 Å². The summed E-state index contributed by atoms with van der Waals surface area (Å²) in [6.45, 7) is 0. The smallest absolute Gasteiger partial charge is 0.146 e. The Labute approximate surface area is 91.2 Å². The van der Waals surface area contributed by atoms with Gasteiger partial charge in [-0.25, -0.2) is 8.78 Å². The summed E-state index contributed by atoms with van der Waals surface area (Å²) in [7, 11) is 0. The molecule has 0 spiro atoms. The van der Waals surface area contributed by atoms with Crippen LogP contribution in [-0.2, 0) is 0 Å². The second kappa shape index (κ2) is 4.18. The molecule has 4 heteroatoms. The highest BCUT2D eigenvalue weighted by Gasteiger charge is 2.06. The fourth-order valence-electron chi connectivity index (χ4n) is 1.32. The van der Waals surface area contributed by atoms with E-state index in [9.17, 15) is 13.9 Å². The van der Waals surface area contributed by atoms with Crippen LogP contribution < -0.4 is 5.32 Å². The topological polar surface area (TPSA) is 32.3 Å². The van der Waals surface area contributed by atoms with Gasteiger partial charge in [-0.2, -0.15) is 0 Å². The number of nitrogens with one attached hydrogen (secondary N) is 1. The Morgan fingerprint density at radius 1 is 0.938 bits per heavy atom. The maximum atomic E-state index is 13.3. The molecule has 0 saturated heterocycles. The summed E-state index contributed by atoms with van der Waals surface area (Å²) in [5.41, 5.74) is 0.313. The molecule has 2 aromatic rings. The van der Waals surface area contributed by atoms with Crippen molar-refractivity contribution in [3.05, 3.63) is 54.1 Å². The van der Waals surface area contributed by atoms with E-state index < -0.39 is 11.6 Å². The van der Waals surface area contributed by atoms with Gasteiger partial charge < -0.3 is 10.4 Å². The average Bonchev–Trinajstić information content (AvgIpc) is 2.27. The van der Waals surface area contributed by atoms with Gasteiger partial charge in [-0.1, -0.05) is 12.1 Å². The van der Waals surface area contributed by atoms with Crippen molar-refractivity contribution in [2.45, 2.75) is 0 Å². The first-order valence-electron chi connectivity index (χ1n) is 4.67. The summed E-state index contributed by atoms with van der Waals surface area (Å²) in [6, 6.07) is 9.44. The number of aromatic hydroxyl groups is 1. The molecule has 0 aromatic heterocycles. The van der Waals surface area contributed by atoms with Crippen molar-refractivity contribution in [3.63, 3.8) is 0 Å². The maximum absolute atomic E-state index is 13.3. The molecule has 0 saturated carbocycles. The third-order valence-corrected chi connectivity index (χ3v) is 2.10. The standard InChI is InChI=1S/C12H9F2NO/c13-8-5-6-9(14)11(7-8)15-10-3-1-2-4-12(10)16/h1-7,15-16H. The molecule has 0 bridgehead atoms. The lowest BCUT2D eigenvalue weighted by Crippen LogP contribution is -1.94. The molecule has 2 rings (SSSR count). The molecule has 0 heterocycles. The lowest BCUT2D eigenvalue weighted by atomic mass is 10.2. The quantitative estimate of drug-likeness (QED) is 0.761. The average molecular weight is 221 g/mol. The van der Waals surface area contributed by atoms with Crippen LogP contribution >= 0.6 is 0 Å².